The van der Waals surface area contributed by atoms with E-state index in [1.165, 1.54) is 12.1 Å². The van der Waals surface area contributed by atoms with Gasteiger partial charge >= 0.3 is 0 Å². The first-order valence-electron chi connectivity index (χ1n) is 10.7. The summed E-state index contributed by atoms with van der Waals surface area (Å²) in [6, 6.07) is 13.4. The van der Waals surface area contributed by atoms with Crippen LogP contribution in [0.1, 0.15) is 32.3 Å². The molecule has 1 saturated heterocycles. The number of anilines is 2. The number of hydrogen-bond acceptors (Lipinski definition) is 4. The van der Waals surface area contributed by atoms with Gasteiger partial charge in [0.05, 0.1) is 12.6 Å². The van der Waals surface area contributed by atoms with E-state index in [2.05, 4.69) is 34.3 Å². The van der Waals surface area contributed by atoms with E-state index in [4.69, 9.17) is 0 Å². The van der Waals surface area contributed by atoms with Gasteiger partial charge in [0.25, 0.3) is 0 Å². The first-order valence-corrected chi connectivity index (χ1v) is 10.7. The number of carbonyl (C=O) groups excluding carboxylic acids is 2. The van der Waals surface area contributed by atoms with E-state index in [-0.39, 0.29) is 23.7 Å². The Morgan fingerprint density at radius 2 is 1.68 bits per heavy atom. The molecule has 2 aromatic rings. The highest BCUT2D eigenvalue weighted by molar-refractivity contribution is 5.94. The lowest BCUT2D eigenvalue weighted by atomic mass is 10.0. The Kier molecular flexibility index (Phi) is 7.76. The van der Waals surface area contributed by atoms with Gasteiger partial charge in [-0.1, -0.05) is 38.1 Å². The minimum Gasteiger partial charge on any atom is -0.325 e. The molecule has 1 atom stereocenters. The third kappa shape index (κ3) is 6.35. The summed E-state index contributed by atoms with van der Waals surface area (Å²) in [6.07, 6.45) is 0. The largest absolute Gasteiger partial charge is 0.325 e. The van der Waals surface area contributed by atoms with Gasteiger partial charge in [0, 0.05) is 37.6 Å². The predicted molar refractivity (Wildman–Crippen MR) is 122 cm³/mol. The van der Waals surface area contributed by atoms with Gasteiger partial charge in [-0.15, -0.1) is 0 Å². The Labute approximate surface area is 183 Å². The third-order valence-electron chi connectivity index (χ3n) is 5.65. The molecule has 0 radical (unpaired) electrons. The van der Waals surface area contributed by atoms with E-state index in [1.54, 1.807) is 12.1 Å². The summed E-state index contributed by atoms with van der Waals surface area (Å²) in [5, 5.41) is 5.80. The van der Waals surface area contributed by atoms with E-state index in [9.17, 15) is 14.0 Å². The van der Waals surface area contributed by atoms with Gasteiger partial charge < -0.3 is 10.6 Å². The molecular formula is C24H31FN4O2. The Morgan fingerprint density at radius 1 is 0.968 bits per heavy atom. The number of benzene rings is 2. The molecular weight excluding hydrogens is 395 g/mol. The lowest BCUT2D eigenvalue weighted by Crippen LogP contribution is -2.53. The maximum absolute atomic E-state index is 13.3. The topological polar surface area (TPSA) is 64.7 Å². The van der Waals surface area contributed by atoms with Gasteiger partial charge in [0.15, 0.2) is 0 Å². The highest BCUT2D eigenvalue weighted by Crippen LogP contribution is 2.23. The number of amides is 2. The molecule has 2 N–H and O–H groups in total. The van der Waals surface area contributed by atoms with Crippen LogP contribution in [-0.4, -0.2) is 60.4 Å². The normalized spacial score (nSPS) is 16.2. The second-order valence-corrected chi connectivity index (χ2v) is 8.28. The monoisotopic (exact) mass is 426 g/mol. The smallest absolute Gasteiger partial charge is 0.241 e. The van der Waals surface area contributed by atoms with Crippen molar-refractivity contribution in [3.8, 4) is 0 Å². The molecule has 0 spiro atoms. The summed E-state index contributed by atoms with van der Waals surface area (Å²) < 4.78 is 13.3. The molecule has 2 amide bonds. The molecule has 2 aromatic carbocycles. The van der Waals surface area contributed by atoms with Crippen molar-refractivity contribution < 1.29 is 14.0 Å². The standard InChI is InChI=1S/C24H31FN4O2/c1-17(2)21-9-4-5-10-22(21)27-23(30)16-28-11-13-29(14-12-28)18(3)24(31)26-20-8-6-7-19(25)15-20/h4-10,15,17-18H,11-14,16H2,1-3H3,(H,26,31)(H,27,30). The summed E-state index contributed by atoms with van der Waals surface area (Å²) in [7, 11) is 0. The van der Waals surface area contributed by atoms with Crippen molar-refractivity contribution in [3.05, 3.63) is 59.9 Å². The molecule has 0 saturated carbocycles. The highest BCUT2D eigenvalue weighted by Gasteiger charge is 2.26. The number of halogens is 1. The van der Waals surface area contributed by atoms with Crippen LogP contribution in [0.25, 0.3) is 0 Å². The Morgan fingerprint density at radius 3 is 2.35 bits per heavy atom. The number of nitrogens with one attached hydrogen (secondary N) is 2. The van der Waals surface area contributed by atoms with Crippen molar-refractivity contribution >= 4 is 23.2 Å². The molecule has 0 aromatic heterocycles. The maximum atomic E-state index is 13.3. The minimum absolute atomic E-state index is 0.0292. The lowest BCUT2D eigenvalue weighted by molar-refractivity contribution is -0.122. The first-order chi connectivity index (χ1) is 14.8. The van der Waals surface area contributed by atoms with Crippen LogP contribution in [0.4, 0.5) is 15.8 Å². The highest BCUT2D eigenvalue weighted by atomic mass is 19.1. The molecule has 166 valence electrons. The average Bonchev–Trinajstić information content (AvgIpc) is 2.74. The van der Waals surface area contributed by atoms with Crippen LogP contribution in [0.2, 0.25) is 0 Å². The number of carbonyl (C=O) groups is 2. The van der Waals surface area contributed by atoms with E-state index in [1.807, 2.05) is 31.2 Å². The van der Waals surface area contributed by atoms with E-state index in [0.29, 0.717) is 44.3 Å². The second kappa shape index (κ2) is 10.5. The lowest BCUT2D eigenvalue weighted by Gasteiger charge is -2.37. The molecule has 3 rings (SSSR count). The molecule has 1 unspecified atom stereocenters. The van der Waals surface area contributed by atoms with Crippen molar-refractivity contribution in [2.45, 2.75) is 32.7 Å². The van der Waals surface area contributed by atoms with Crippen LogP contribution in [0.15, 0.2) is 48.5 Å². The van der Waals surface area contributed by atoms with Crippen LogP contribution in [-0.2, 0) is 9.59 Å². The summed E-state index contributed by atoms with van der Waals surface area (Å²) >= 11 is 0. The van der Waals surface area contributed by atoms with Gasteiger partial charge in [-0.25, -0.2) is 4.39 Å². The molecule has 31 heavy (non-hydrogen) atoms. The summed E-state index contributed by atoms with van der Waals surface area (Å²) in [5.41, 5.74) is 2.44. The van der Waals surface area contributed by atoms with Gasteiger partial charge in [-0.3, -0.25) is 19.4 Å². The van der Waals surface area contributed by atoms with Crippen molar-refractivity contribution in [2.75, 3.05) is 43.4 Å². The molecule has 1 heterocycles. The van der Waals surface area contributed by atoms with E-state index >= 15 is 0 Å². The van der Waals surface area contributed by atoms with Gasteiger partial charge in [-0.2, -0.15) is 0 Å². The summed E-state index contributed by atoms with van der Waals surface area (Å²) in [5.74, 6) is -0.242. The van der Waals surface area contributed by atoms with Crippen molar-refractivity contribution in [1.29, 1.82) is 0 Å². The van der Waals surface area contributed by atoms with Crippen LogP contribution in [0, 0.1) is 5.82 Å². The average molecular weight is 427 g/mol. The van der Waals surface area contributed by atoms with E-state index in [0.717, 1.165) is 11.3 Å². The fraction of sp³-hybridized carbons (Fsp3) is 0.417. The quantitative estimate of drug-likeness (QED) is 0.711. The fourth-order valence-electron chi connectivity index (χ4n) is 3.79. The van der Waals surface area contributed by atoms with Crippen LogP contribution in [0.3, 0.4) is 0 Å². The Balaban J connectivity index is 1.47. The maximum Gasteiger partial charge on any atom is 0.241 e. The number of rotatable bonds is 7. The SMILES string of the molecule is CC(C)c1ccccc1NC(=O)CN1CCN(C(C)C(=O)Nc2cccc(F)c2)CC1. The van der Waals surface area contributed by atoms with Crippen molar-refractivity contribution in [1.82, 2.24) is 9.80 Å². The third-order valence-corrected chi connectivity index (χ3v) is 5.65. The summed E-state index contributed by atoms with van der Waals surface area (Å²) in [4.78, 5) is 29.2. The number of piperazine rings is 1. The van der Waals surface area contributed by atoms with E-state index < -0.39 is 0 Å². The molecule has 1 aliphatic heterocycles. The van der Waals surface area contributed by atoms with Crippen molar-refractivity contribution in [3.63, 3.8) is 0 Å². The minimum atomic E-state index is -0.381. The summed E-state index contributed by atoms with van der Waals surface area (Å²) in [6.45, 7) is 9.17. The number of para-hydroxylation sites is 1. The zero-order valence-electron chi connectivity index (χ0n) is 18.4. The van der Waals surface area contributed by atoms with Gasteiger partial charge in [0.2, 0.25) is 11.8 Å². The van der Waals surface area contributed by atoms with Crippen molar-refractivity contribution in [2.24, 2.45) is 0 Å². The molecule has 1 fully saturated rings. The second-order valence-electron chi connectivity index (χ2n) is 8.28. The Hall–Kier alpha value is -2.77. The molecule has 0 aliphatic carbocycles. The Bertz CT molecular complexity index is 910. The van der Waals surface area contributed by atoms with Gasteiger partial charge in [0.1, 0.15) is 5.82 Å². The zero-order chi connectivity index (χ0) is 22.4. The zero-order valence-corrected chi connectivity index (χ0v) is 18.4. The number of nitrogens with zero attached hydrogens (tertiary/aromatic N) is 2. The fourth-order valence-corrected chi connectivity index (χ4v) is 3.79. The molecule has 7 heteroatoms. The van der Waals surface area contributed by atoms with Crippen LogP contribution < -0.4 is 10.6 Å². The molecule has 1 aliphatic rings. The molecule has 6 nitrogen and oxygen atoms in total. The number of hydrogen-bond donors (Lipinski definition) is 2. The predicted octanol–water partition coefficient (Wildman–Crippen LogP) is 3.53. The van der Waals surface area contributed by atoms with Gasteiger partial charge in [-0.05, 0) is 42.7 Å². The molecule has 0 bridgehead atoms. The van der Waals surface area contributed by atoms with Crippen LogP contribution >= 0.6 is 0 Å². The first kappa shape index (κ1) is 22.9. The van der Waals surface area contributed by atoms with Crippen LogP contribution in [0.5, 0.6) is 0 Å².